The van der Waals surface area contributed by atoms with Gasteiger partial charge < -0.3 is 4.74 Å². The molecule has 0 saturated heterocycles. The molecule has 2 heteroatoms. The van der Waals surface area contributed by atoms with E-state index in [0.717, 1.165) is 18.9 Å². The van der Waals surface area contributed by atoms with Gasteiger partial charge in [-0.25, -0.2) is 4.99 Å². The Morgan fingerprint density at radius 1 is 0.769 bits per heavy atom. The van der Waals surface area contributed by atoms with Gasteiger partial charge in [-0.05, 0) is 12.0 Å². The van der Waals surface area contributed by atoms with Crippen LogP contribution in [-0.4, -0.2) is 12.5 Å². The van der Waals surface area contributed by atoms with Gasteiger partial charge in [0.15, 0.2) is 5.90 Å². The van der Waals surface area contributed by atoms with Crippen molar-refractivity contribution in [2.75, 3.05) is 6.61 Å². The number of nitrogens with zero attached hydrogens (tertiary/aromatic N) is 1. The topological polar surface area (TPSA) is 21.6 Å². The molecular formula is C24H39NO. The second-order valence-electron chi connectivity index (χ2n) is 7.75. The van der Waals surface area contributed by atoms with E-state index >= 15 is 0 Å². The van der Waals surface area contributed by atoms with Crippen molar-refractivity contribution in [3.8, 4) is 0 Å². The summed E-state index contributed by atoms with van der Waals surface area (Å²) in [5.74, 6) is 0.974. The molecule has 0 N–H and O–H groups in total. The monoisotopic (exact) mass is 357 g/mol. The van der Waals surface area contributed by atoms with Crippen LogP contribution in [0.1, 0.15) is 108 Å². The summed E-state index contributed by atoms with van der Waals surface area (Å²) in [4.78, 5) is 4.75. The lowest BCUT2D eigenvalue weighted by molar-refractivity contribution is 0.310. The second kappa shape index (κ2) is 13.8. The predicted molar refractivity (Wildman–Crippen MR) is 113 cm³/mol. The van der Waals surface area contributed by atoms with E-state index in [0.29, 0.717) is 0 Å². The van der Waals surface area contributed by atoms with Crippen LogP contribution in [-0.2, 0) is 4.74 Å². The van der Waals surface area contributed by atoms with E-state index in [2.05, 4.69) is 37.3 Å². The molecule has 1 aromatic carbocycles. The highest BCUT2D eigenvalue weighted by Gasteiger charge is 2.19. The van der Waals surface area contributed by atoms with Crippen molar-refractivity contribution < 1.29 is 4.74 Å². The molecule has 1 aromatic rings. The van der Waals surface area contributed by atoms with Crippen molar-refractivity contribution >= 4 is 5.90 Å². The van der Waals surface area contributed by atoms with Gasteiger partial charge in [-0.3, -0.25) is 0 Å². The summed E-state index contributed by atoms with van der Waals surface area (Å²) in [6.45, 7) is 3.01. The molecule has 146 valence electrons. The molecule has 0 aromatic heterocycles. The van der Waals surface area contributed by atoms with Gasteiger partial charge in [-0.1, -0.05) is 114 Å². The maximum atomic E-state index is 5.78. The van der Waals surface area contributed by atoms with Crippen LogP contribution in [0.4, 0.5) is 0 Å². The predicted octanol–water partition coefficient (Wildman–Crippen LogP) is 7.64. The first-order valence-electron chi connectivity index (χ1n) is 11.1. The highest BCUT2D eigenvalue weighted by molar-refractivity contribution is 5.77. The van der Waals surface area contributed by atoms with Crippen molar-refractivity contribution in [1.82, 2.24) is 0 Å². The zero-order chi connectivity index (χ0) is 18.3. The Labute approximate surface area is 161 Å². The molecule has 26 heavy (non-hydrogen) atoms. The lowest BCUT2D eigenvalue weighted by atomic mass is 10.0. The zero-order valence-corrected chi connectivity index (χ0v) is 16.9. The second-order valence-corrected chi connectivity index (χ2v) is 7.75. The standard InChI is InChI=1S/C24H39NO/c1-2-3-4-5-6-7-8-9-10-11-12-13-17-20-24-25-23(21-26-24)22-18-15-14-16-19-22/h14-16,18-19,23H,2-13,17,20-21H2,1H3/t23-/m1/s1. The van der Waals surface area contributed by atoms with Crippen LogP contribution in [0.3, 0.4) is 0 Å². The minimum absolute atomic E-state index is 0.216. The number of unbranched alkanes of at least 4 members (excludes halogenated alkanes) is 12. The van der Waals surface area contributed by atoms with E-state index in [9.17, 15) is 0 Å². The van der Waals surface area contributed by atoms with Crippen LogP contribution in [0.5, 0.6) is 0 Å². The van der Waals surface area contributed by atoms with E-state index < -0.39 is 0 Å². The number of benzene rings is 1. The first-order valence-corrected chi connectivity index (χ1v) is 11.1. The van der Waals surface area contributed by atoms with Crippen LogP contribution < -0.4 is 0 Å². The normalized spacial score (nSPS) is 16.5. The van der Waals surface area contributed by atoms with E-state index in [1.54, 1.807) is 0 Å². The number of aliphatic imine (C=N–C) groups is 1. The van der Waals surface area contributed by atoms with Crippen molar-refractivity contribution in [3.05, 3.63) is 35.9 Å². The fourth-order valence-corrected chi connectivity index (χ4v) is 3.70. The van der Waals surface area contributed by atoms with Gasteiger partial charge in [0.2, 0.25) is 0 Å². The highest BCUT2D eigenvalue weighted by Crippen LogP contribution is 2.24. The largest absolute Gasteiger partial charge is 0.478 e. The van der Waals surface area contributed by atoms with Gasteiger partial charge in [0, 0.05) is 6.42 Å². The molecule has 0 aliphatic carbocycles. The molecule has 2 nitrogen and oxygen atoms in total. The summed E-state index contributed by atoms with van der Waals surface area (Å²) in [5.41, 5.74) is 1.27. The Hall–Kier alpha value is -1.31. The Bertz CT molecular complexity index is 482. The average Bonchev–Trinajstić information content (AvgIpc) is 3.15. The van der Waals surface area contributed by atoms with Crippen LogP contribution >= 0.6 is 0 Å². The molecule has 0 unspecified atom stereocenters. The summed E-state index contributed by atoms with van der Waals surface area (Å²) >= 11 is 0. The number of hydrogen-bond donors (Lipinski definition) is 0. The molecule has 0 saturated carbocycles. The summed E-state index contributed by atoms with van der Waals surface area (Å²) in [7, 11) is 0. The quantitative estimate of drug-likeness (QED) is 0.295. The van der Waals surface area contributed by atoms with Crippen LogP contribution in [0.25, 0.3) is 0 Å². The van der Waals surface area contributed by atoms with E-state index in [1.165, 1.54) is 89.0 Å². The van der Waals surface area contributed by atoms with Gasteiger partial charge in [0.25, 0.3) is 0 Å². The fourth-order valence-electron chi connectivity index (χ4n) is 3.70. The SMILES string of the molecule is CCCCCCCCCCCCCCCC1=N[C@@H](c2ccccc2)CO1. The smallest absolute Gasteiger partial charge is 0.184 e. The van der Waals surface area contributed by atoms with Gasteiger partial charge in [0.1, 0.15) is 12.6 Å². The third kappa shape index (κ3) is 8.87. The van der Waals surface area contributed by atoms with Gasteiger partial charge in [-0.2, -0.15) is 0 Å². The molecule has 1 aliphatic heterocycles. The summed E-state index contributed by atoms with van der Waals surface area (Å²) in [5, 5.41) is 0. The summed E-state index contributed by atoms with van der Waals surface area (Å²) in [6.07, 6.45) is 19.2. The first-order chi connectivity index (χ1) is 12.9. The van der Waals surface area contributed by atoms with Crippen LogP contribution in [0.15, 0.2) is 35.3 Å². The third-order valence-electron chi connectivity index (χ3n) is 5.39. The van der Waals surface area contributed by atoms with E-state index in [4.69, 9.17) is 9.73 Å². The molecule has 1 aliphatic rings. The van der Waals surface area contributed by atoms with Gasteiger partial charge in [-0.15, -0.1) is 0 Å². The molecule has 0 radical (unpaired) electrons. The molecule has 0 amide bonds. The van der Waals surface area contributed by atoms with Crippen LogP contribution in [0.2, 0.25) is 0 Å². The van der Waals surface area contributed by atoms with Crippen molar-refractivity contribution in [1.29, 1.82) is 0 Å². The highest BCUT2D eigenvalue weighted by atomic mass is 16.5. The number of hydrogen-bond acceptors (Lipinski definition) is 2. The maximum Gasteiger partial charge on any atom is 0.184 e. The molecular weight excluding hydrogens is 318 g/mol. The molecule has 0 spiro atoms. The Morgan fingerprint density at radius 3 is 1.88 bits per heavy atom. The Morgan fingerprint density at radius 2 is 1.31 bits per heavy atom. The lowest BCUT2D eigenvalue weighted by Crippen LogP contribution is -1.99. The maximum absolute atomic E-state index is 5.78. The number of rotatable bonds is 15. The van der Waals surface area contributed by atoms with Crippen LogP contribution in [0, 0.1) is 0 Å². The molecule has 0 fully saturated rings. The molecule has 1 heterocycles. The molecule has 2 rings (SSSR count). The number of ether oxygens (including phenoxy) is 1. The zero-order valence-electron chi connectivity index (χ0n) is 16.9. The lowest BCUT2D eigenvalue weighted by Gasteiger charge is -2.03. The Balaban J connectivity index is 1.39. The van der Waals surface area contributed by atoms with Gasteiger partial charge >= 0.3 is 0 Å². The fraction of sp³-hybridized carbons (Fsp3) is 0.708. The Kier molecular flexibility index (Phi) is 11.2. The summed E-state index contributed by atoms with van der Waals surface area (Å²) < 4.78 is 5.78. The first kappa shape index (κ1) is 21.0. The van der Waals surface area contributed by atoms with Crippen molar-refractivity contribution in [2.45, 2.75) is 103 Å². The van der Waals surface area contributed by atoms with Crippen molar-refractivity contribution in [3.63, 3.8) is 0 Å². The minimum atomic E-state index is 0.216. The van der Waals surface area contributed by atoms with Gasteiger partial charge in [0.05, 0.1) is 0 Å². The third-order valence-corrected chi connectivity index (χ3v) is 5.39. The summed E-state index contributed by atoms with van der Waals surface area (Å²) in [6, 6.07) is 10.7. The molecule has 0 bridgehead atoms. The van der Waals surface area contributed by atoms with E-state index in [1.807, 2.05) is 0 Å². The minimum Gasteiger partial charge on any atom is -0.478 e. The van der Waals surface area contributed by atoms with Crippen molar-refractivity contribution in [2.24, 2.45) is 4.99 Å². The average molecular weight is 358 g/mol. The van der Waals surface area contributed by atoms with E-state index in [-0.39, 0.29) is 6.04 Å². The molecule has 1 atom stereocenters.